The first-order chi connectivity index (χ1) is 16.7. The number of tetrazole rings is 1. The molecule has 0 spiro atoms. The van der Waals surface area contributed by atoms with Gasteiger partial charge < -0.3 is 25.6 Å². The second-order valence-electron chi connectivity index (χ2n) is 8.20. The zero-order valence-corrected chi connectivity index (χ0v) is 23.2. The summed E-state index contributed by atoms with van der Waals surface area (Å²) in [6, 6.07) is 6.30. The number of β-lactam (4-membered cyclic amide) rings is 1. The summed E-state index contributed by atoms with van der Waals surface area (Å²) in [7, 11) is 0. The maximum Gasteiger partial charge on any atom is 1.00 e. The van der Waals surface area contributed by atoms with Crippen LogP contribution in [-0.2, 0) is 32.3 Å². The molecule has 0 aliphatic carbocycles. The molecule has 2 aliphatic heterocycles. The van der Waals surface area contributed by atoms with E-state index in [1.807, 2.05) is 0 Å². The number of carbonyl (C=O) groups excluding carboxylic acids is 3. The minimum Gasteiger partial charge on any atom is -0.549 e. The molecule has 4 rings (SSSR count). The molecule has 2 unspecified atom stereocenters. The van der Waals surface area contributed by atoms with Gasteiger partial charge in [0.05, 0.1) is 5.97 Å². The van der Waals surface area contributed by atoms with E-state index in [0.717, 1.165) is 16.4 Å². The number of aliphatic carboxylic acids is 2. The Morgan fingerprint density at radius 2 is 2.08 bits per heavy atom. The van der Waals surface area contributed by atoms with Crippen LogP contribution in [0.1, 0.15) is 12.5 Å². The molecule has 0 radical (unpaired) electrons. The fourth-order valence-electron chi connectivity index (χ4n) is 4.14. The number of rotatable bonds is 9. The van der Waals surface area contributed by atoms with Gasteiger partial charge in [0.1, 0.15) is 18.0 Å². The van der Waals surface area contributed by atoms with Crippen LogP contribution in [0, 0.1) is 5.41 Å². The third kappa shape index (κ3) is 5.26. The summed E-state index contributed by atoms with van der Waals surface area (Å²) < 4.78 is 1.05. The van der Waals surface area contributed by atoms with Crippen molar-refractivity contribution in [3.8, 4) is 0 Å². The summed E-state index contributed by atoms with van der Waals surface area (Å²) in [5.41, 5.74) is 5.69. The summed E-state index contributed by atoms with van der Waals surface area (Å²) in [6.45, 7) is 0.983. The molecule has 2 saturated heterocycles. The van der Waals surface area contributed by atoms with E-state index in [1.54, 1.807) is 24.3 Å². The van der Waals surface area contributed by atoms with Gasteiger partial charge in [-0.05, 0) is 22.1 Å². The number of aromatic nitrogens is 4. The average molecular weight is 544 g/mol. The Kier molecular flexibility index (Phi) is 9.06. The molecule has 186 valence electrons. The van der Waals surface area contributed by atoms with Crippen LogP contribution in [-0.4, -0.2) is 83.4 Å². The van der Waals surface area contributed by atoms with E-state index in [4.69, 9.17) is 10.8 Å². The number of fused-ring (bicyclic) bond motifs is 1. The monoisotopic (exact) mass is 543 g/mol. The predicted octanol–water partition coefficient (Wildman–Crippen LogP) is -4.61. The number of carbonyl (C=O) groups is 4. The van der Waals surface area contributed by atoms with Crippen LogP contribution >= 0.6 is 23.5 Å². The van der Waals surface area contributed by atoms with E-state index in [1.165, 1.54) is 28.5 Å². The molecule has 3 N–H and O–H groups in total. The van der Waals surface area contributed by atoms with Crippen LogP contribution in [0.2, 0.25) is 0 Å². The van der Waals surface area contributed by atoms with Crippen LogP contribution in [0.3, 0.4) is 0 Å². The Balaban J connectivity index is 0.00000361. The molecule has 16 heteroatoms. The van der Waals surface area contributed by atoms with Crippen LogP contribution in [0.25, 0.3) is 0 Å². The van der Waals surface area contributed by atoms with Crippen molar-refractivity contribution < 1.29 is 58.9 Å². The first-order valence-electron chi connectivity index (χ1n) is 10.5. The zero-order valence-electron chi connectivity index (χ0n) is 19.6. The number of carboxylic acids is 2. The standard InChI is InChI=1S/C20H23N7O6S2.Na/c1-11(28)27(13-5-3-2-4-12(13)6-21)15-16(31)25-8-20(18(32)33,9-34-17(15)25)10-35-19-22-23-24-26(19)7-14(29)30;/h2-5,15,17H,6-10,21H2,1H3,(H,29,30)(H,32,33);/q;+1/p-1/t15?,17-,20?;/m1./s1. The number of hydrogen-bond acceptors (Lipinski definition) is 11. The second-order valence-corrected chi connectivity index (χ2v) is 10.3. The molecule has 36 heavy (non-hydrogen) atoms. The summed E-state index contributed by atoms with van der Waals surface area (Å²) in [6.07, 6.45) is 0. The average Bonchev–Trinajstić information content (AvgIpc) is 3.26. The molecule has 2 aromatic rings. The minimum absolute atomic E-state index is 0. The summed E-state index contributed by atoms with van der Waals surface area (Å²) in [4.78, 5) is 51.8. The molecule has 2 fully saturated rings. The largest absolute Gasteiger partial charge is 1.00 e. The molecule has 3 atom stereocenters. The van der Waals surface area contributed by atoms with Gasteiger partial charge in [0.25, 0.3) is 0 Å². The Labute approximate surface area is 236 Å². The molecule has 13 nitrogen and oxygen atoms in total. The second kappa shape index (κ2) is 11.5. The number of hydrogen-bond donors (Lipinski definition) is 2. The van der Waals surface area contributed by atoms with E-state index in [0.29, 0.717) is 11.3 Å². The SMILES string of the molecule is CC(=O)N(c1ccccc1CN)C1C(=O)N2CC(CSc3nnnn3CC(=O)O)(C(=O)[O-])CS[C@H]12.[Na+]. The van der Waals surface area contributed by atoms with Crippen molar-refractivity contribution in [1.82, 2.24) is 25.1 Å². The van der Waals surface area contributed by atoms with Crippen molar-refractivity contribution in [3.05, 3.63) is 29.8 Å². The van der Waals surface area contributed by atoms with E-state index < -0.39 is 35.3 Å². The molecular weight excluding hydrogens is 521 g/mol. The van der Waals surface area contributed by atoms with E-state index >= 15 is 0 Å². The van der Waals surface area contributed by atoms with Gasteiger partial charge in [0.15, 0.2) is 0 Å². The smallest absolute Gasteiger partial charge is 0.549 e. The molecule has 0 saturated carbocycles. The molecule has 1 aromatic heterocycles. The fraction of sp³-hybridized carbons (Fsp3) is 0.450. The maximum atomic E-state index is 13.2. The van der Waals surface area contributed by atoms with Gasteiger partial charge in [-0.3, -0.25) is 19.3 Å². The number of thioether (sulfide) groups is 2. The third-order valence-corrected chi connectivity index (χ3v) is 8.72. The van der Waals surface area contributed by atoms with E-state index in [-0.39, 0.29) is 71.1 Å². The normalized spacial score (nSPS) is 22.7. The van der Waals surface area contributed by atoms with E-state index in [2.05, 4.69) is 15.5 Å². The Bertz CT molecular complexity index is 1180. The van der Waals surface area contributed by atoms with Crippen molar-refractivity contribution in [1.29, 1.82) is 0 Å². The van der Waals surface area contributed by atoms with Crippen LogP contribution in [0.5, 0.6) is 0 Å². The number of nitrogens with two attached hydrogens (primary N) is 1. The van der Waals surface area contributed by atoms with Gasteiger partial charge >= 0.3 is 35.5 Å². The first-order valence-corrected chi connectivity index (χ1v) is 12.5. The summed E-state index contributed by atoms with van der Waals surface area (Å²) in [5.74, 6) is -3.07. The number of amides is 2. The van der Waals surface area contributed by atoms with Crippen molar-refractivity contribution >= 4 is 53.0 Å². The number of benzene rings is 1. The maximum absolute atomic E-state index is 13.2. The summed E-state index contributed by atoms with van der Waals surface area (Å²) >= 11 is 2.24. The Hall–Kier alpha value is -2.17. The number of para-hydroxylation sites is 1. The van der Waals surface area contributed by atoms with Gasteiger partial charge in [0.2, 0.25) is 17.0 Å². The van der Waals surface area contributed by atoms with Gasteiger partial charge in [0, 0.05) is 42.6 Å². The van der Waals surface area contributed by atoms with Crippen LogP contribution in [0.15, 0.2) is 29.4 Å². The van der Waals surface area contributed by atoms with E-state index in [9.17, 15) is 24.3 Å². The Morgan fingerprint density at radius 3 is 2.72 bits per heavy atom. The molecule has 3 heterocycles. The molecule has 2 amide bonds. The summed E-state index contributed by atoms with van der Waals surface area (Å²) in [5, 5.41) is 31.7. The molecule has 2 aliphatic rings. The number of nitrogens with zero attached hydrogens (tertiary/aromatic N) is 6. The Morgan fingerprint density at radius 1 is 1.36 bits per heavy atom. The fourth-order valence-corrected chi connectivity index (χ4v) is 6.91. The molecule has 1 aromatic carbocycles. The first kappa shape index (κ1) is 28.4. The van der Waals surface area contributed by atoms with Crippen molar-refractivity contribution in [2.45, 2.75) is 36.6 Å². The minimum atomic E-state index is -1.41. The number of carboxylic acid groups (broad SMARTS) is 2. The molecule has 0 bridgehead atoms. The van der Waals surface area contributed by atoms with Gasteiger partial charge in [-0.1, -0.05) is 30.0 Å². The van der Waals surface area contributed by atoms with Crippen LogP contribution in [0.4, 0.5) is 5.69 Å². The van der Waals surface area contributed by atoms with Gasteiger partial charge in [-0.15, -0.1) is 16.9 Å². The van der Waals surface area contributed by atoms with Gasteiger partial charge in [-0.2, -0.15) is 0 Å². The predicted molar refractivity (Wildman–Crippen MR) is 123 cm³/mol. The van der Waals surface area contributed by atoms with Gasteiger partial charge in [-0.25, -0.2) is 4.68 Å². The van der Waals surface area contributed by atoms with Crippen LogP contribution < -0.4 is 45.3 Å². The van der Waals surface area contributed by atoms with Crippen molar-refractivity contribution in [2.75, 3.05) is 23.0 Å². The molecular formula is C20H22N7NaO6S2. The topological polar surface area (TPSA) is 188 Å². The van der Waals surface area contributed by atoms with Crippen molar-refractivity contribution in [2.24, 2.45) is 11.1 Å². The zero-order chi connectivity index (χ0) is 25.3. The quantitative estimate of drug-likeness (QED) is 0.175. The number of anilines is 1. The van der Waals surface area contributed by atoms with Crippen molar-refractivity contribution in [3.63, 3.8) is 0 Å². The third-order valence-electron chi connectivity index (χ3n) is 5.90.